The molecule has 69 heavy (non-hydrogen) atoms. The van der Waals surface area contributed by atoms with Crippen molar-refractivity contribution in [1.29, 1.82) is 0 Å². The van der Waals surface area contributed by atoms with Gasteiger partial charge in [-0.15, -0.1) is 0 Å². The van der Waals surface area contributed by atoms with E-state index in [1.54, 1.807) is 0 Å². The number of hydrogen-bond acceptors (Lipinski definition) is 8. The summed E-state index contributed by atoms with van der Waals surface area (Å²) in [6, 6.07) is 75.2. The molecule has 8 N–H and O–H groups in total. The number of aliphatic hydroxyl groups is 8. The Balaban J connectivity index is 0.000000199. The Morgan fingerprint density at radius 2 is 0.261 bits per heavy atom. The average Bonchev–Trinajstić information content (AvgIpc) is 3.41. The maximum absolute atomic E-state index is 9.99. The van der Waals surface area contributed by atoms with Crippen LogP contribution in [-0.2, 0) is 26.2 Å². The standard InChI is InChI=1S/4C15H16O2.Zr/c4*16-14(12-7-3-1-4-8-12)11-15(17)13-9-5-2-6-10-13;/h4*1-10,14-17H,11H2;. The third kappa shape index (κ3) is 20.1. The van der Waals surface area contributed by atoms with Crippen molar-refractivity contribution in [2.45, 2.75) is 74.5 Å². The van der Waals surface area contributed by atoms with Gasteiger partial charge in [-0.3, -0.25) is 0 Å². The van der Waals surface area contributed by atoms with Gasteiger partial charge in [0, 0.05) is 51.9 Å². The fourth-order valence-corrected chi connectivity index (χ4v) is 7.34. The molecule has 0 fully saturated rings. The van der Waals surface area contributed by atoms with Gasteiger partial charge in [-0.25, -0.2) is 0 Å². The van der Waals surface area contributed by atoms with Crippen molar-refractivity contribution in [3.8, 4) is 0 Å². The van der Waals surface area contributed by atoms with Crippen LogP contribution in [0.15, 0.2) is 243 Å². The molecule has 0 radical (unpaired) electrons. The van der Waals surface area contributed by atoms with Crippen molar-refractivity contribution in [1.82, 2.24) is 0 Å². The molecule has 0 amide bonds. The number of hydrogen-bond donors (Lipinski definition) is 8. The van der Waals surface area contributed by atoms with Crippen LogP contribution in [-0.4, -0.2) is 40.9 Å². The molecule has 0 aliphatic carbocycles. The zero-order valence-electron chi connectivity index (χ0n) is 38.6. The van der Waals surface area contributed by atoms with E-state index in [-0.39, 0.29) is 26.2 Å². The van der Waals surface area contributed by atoms with Crippen LogP contribution in [0.1, 0.15) is 119 Å². The average molecular weight is 1000 g/mol. The Morgan fingerprint density at radius 1 is 0.174 bits per heavy atom. The van der Waals surface area contributed by atoms with Gasteiger partial charge in [0.15, 0.2) is 0 Å². The molecule has 0 aromatic heterocycles. The summed E-state index contributed by atoms with van der Waals surface area (Å²) in [5.74, 6) is 0. The summed E-state index contributed by atoms with van der Waals surface area (Å²) in [4.78, 5) is 0. The maximum Gasteiger partial charge on any atom is 0.0818 e. The quantitative estimate of drug-likeness (QED) is 0.0475. The Bertz CT molecular complexity index is 1950. The Kier molecular flexibility index (Phi) is 25.5. The third-order valence-electron chi connectivity index (χ3n) is 11.3. The van der Waals surface area contributed by atoms with E-state index in [2.05, 4.69) is 0 Å². The molecule has 0 heterocycles. The van der Waals surface area contributed by atoms with E-state index in [1.807, 2.05) is 243 Å². The molecule has 8 unspecified atom stereocenters. The molecule has 8 aromatic rings. The smallest absolute Gasteiger partial charge is 0.0818 e. The van der Waals surface area contributed by atoms with Crippen LogP contribution in [0.25, 0.3) is 0 Å². The first kappa shape index (κ1) is 55.9. The van der Waals surface area contributed by atoms with Gasteiger partial charge in [0.05, 0.1) is 48.8 Å². The largest absolute Gasteiger partial charge is 0.388 e. The first-order chi connectivity index (χ1) is 33.1. The molecular formula is C60H64O8Zr. The van der Waals surface area contributed by atoms with E-state index < -0.39 is 48.8 Å². The summed E-state index contributed by atoms with van der Waals surface area (Å²) in [6.45, 7) is 0. The molecule has 9 heteroatoms. The normalized spacial score (nSPS) is 14.0. The van der Waals surface area contributed by atoms with Crippen LogP contribution in [0.5, 0.6) is 0 Å². The van der Waals surface area contributed by atoms with Gasteiger partial charge in [0.25, 0.3) is 0 Å². The molecule has 0 aliphatic rings. The zero-order chi connectivity index (χ0) is 48.4. The summed E-state index contributed by atoms with van der Waals surface area (Å²) in [7, 11) is 0. The fraction of sp³-hybridized carbons (Fsp3) is 0.200. The monoisotopic (exact) mass is 1000 g/mol. The molecule has 8 nitrogen and oxygen atoms in total. The molecule has 356 valence electrons. The Morgan fingerprint density at radius 3 is 0.348 bits per heavy atom. The van der Waals surface area contributed by atoms with E-state index in [0.29, 0.717) is 25.7 Å². The summed E-state index contributed by atoms with van der Waals surface area (Å²) >= 11 is 0. The van der Waals surface area contributed by atoms with Crippen LogP contribution in [0.3, 0.4) is 0 Å². The third-order valence-corrected chi connectivity index (χ3v) is 11.3. The minimum absolute atomic E-state index is 0. The van der Waals surface area contributed by atoms with Crippen LogP contribution in [0.4, 0.5) is 0 Å². The van der Waals surface area contributed by atoms with E-state index in [4.69, 9.17) is 0 Å². The van der Waals surface area contributed by atoms with Gasteiger partial charge in [0.1, 0.15) is 0 Å². The van der Waals surface area contributed by atoms with Gasteiger partial charge >= 0.3 is 0 Å². The minimum Gasteiger partial charge on any atom is -0.388 e. The van der Waals surface area contributed by atoms with Gasteiger partial charge in [-0.2, -0.15) is 0 Å². The van der Waals surface area contributed by atoms with E-state index in [0.717, 1.165) is 44.5 Å². The van der Waals surface area contributed by atoms with E-state index in [1.165, 1.54) is 0 Å². The van der Waals surface area contributed by atoms with E-state index >= 15 is 0 Å². The summed E-state index contributed by atoms with van der Waals surface area (Å²) in [5, 5.41) is 79.9. The second-order valence-electron chi connectivity index (χ2n) is 16.4. The molecule has 0 bridgehead atoms. The van der Waals surface area contributed by atoms with Crippen LogP contribution in [0, 0.1) is 0 Å². The Hall–Kier alpha value is -5.68. The SMILES string of the molecule is OC(CC(O)c1ccccc1)c1ccccc1.OC(CC(O)c1ccccc1)c1ccccc1.OC(CC(O)c1ccccc1)c1ccccc1.OC(CC(O)c1ccccc1)c1ccccc1.[Zr]. The summed E-state index contributed by atoms with van der Waals surface area (Å²) in [5.41, 5.74) is 6.69. The van der Waals surface area contributed by atoms with Gasteiger partial charge in [-0.1, -0.05) is 243 Å². The Labute approximate surface area is 426 Å². The van der Waals surface area contributed by atoms with Crippen molar-refractivity contribution >= 4 is 0 Å². The molecule has 8 atom stereocenters. The molecule has 0 aliphatic heterocycles. The van der Waals surface area contributed by atoms with Crippen molar-refractivity contribution in [3.63, 3.8) is 0 Å². The fourth-order valence-electron chi connectivity index (χ4n) is 7.34. The summed E-state index contributed by atoms with van der Waals surface area (Å²) < 4.78 is 0. The van der Waals surface area contributed by atoms with Crippen LogP contribution in [0.2, 0.25) is 0 Å². The predicted octanol–water partition coefficient (Wildman–Crippen LogP) is 11.4. The van der Waals surface area contributed by atoms with Crippen LogP contribution >= 0.6 is 0 Å². The summed E-state index contributed by atoms with van der Waals surface area (Å²) in [6.07, 6.45) is -3.81. The molecular weight excluding hydrogens is 940 g/mol. The molecule has 8 rings (SSSR count). The van der Waals surface area contributed by atoms with Crippen molar-refractivity contribution < 1.29 is 67.1 Å². The molecule has 8 aromatic carbocycles. The van der Waals surface area contributed by atoms with Gasteiger partial charge < -0.3 is 40.9 Å². The first-order valence-corrected chi connectivity index (χ1v) is 22.9. The van der Waals surface area contributed by atoms with Gasteiger partial charge in [0.2, 0.25) is 0 Å². The zero-order valence-corrected chi connectivity index (χ0v) is 41.1. The van der Waals surface area contributed by atoms with Crippen LogP contribution < -0.4 is 0 Å². The van der Waals surface area contributed by atoms with E-state index in [9.17, 15) is 40.9 Å². The molecule has 0 spiro atoms. The number of aliphatic hydroxyl groups excluding tert-OH is 8. The minimum atomic E-state index is -0.633. The predicted molar refractivity (Wildman–Crippen MR) is 270 cm³/mol. The number of benzene rings is 8. The van der Waals surface area contributed by atoms with Crippen molar-refractivity contribution in [2.24, 2.45) is 0 Å². The molecule has 0 saturated carbocycles. The van der Waals surface area contributed by atoms with Gasteiger partial charge in [-0.05, 0) is 44.5 Å². The van der Waals surface area contributed by atoms with Crippen molar-refractivity contribution in [3.05, 3.63) is 287 Å². The topological polar surface area (TPSA) is 162 Å². The maximum atomic E-state index is 9.99. The second kappa shape index (κ2) is 31.5. The second-order valence-corrected chi connectivity index (χ2v) is 16.4. The molecule has 0 saturated heterocycles. The van der Waals surface area contributed by atoms with Crippen molar-refractivity contribution in [2.75, 3.05) is 0 Å². The first-order valence-electron chi connectivity index (χ1n) is 22.9. The number of rotatable bonds is 16.